The second-order valence-electron chi connectivity index (χ2n) is 11.6. The molecule has 0 amide bonds. The van der Waals surface area contributed by atoms with Gasteiger partial charge >= 0.3 is 0 Å². The molecular weight excluding hydrogens is 460 g/mol. The first-order valence-electron chi connectivity index (χ1n) is 14.6. The molecule has 1 aliphatic rings. The Morgan fingerprint density at radius 1 is 0.684 bits per heavy atom. The Labute approximate surface area is 229 Å². The van der Waals surface area contributed by atoms with E-state index >= 15 is 0 Å². The lowest BCUT2D eigenvalue weighted by Crippen LogP contribution is -2.21. The van der Waals surface area contributed by atoms with Crippen LogP contribution in [0.5, 0.6) is 0 Å². The first kappa shape index (κ1) is 26.4. The summed E-state index contributed by atoms with van der Waals surface area (Å²) in [4.78, 5) is 9.76. The van der Waals surface area contributed by atoms with E-state index in [0.717, 1.165) is 22.8 Å². The Bertz CT molecular complexity index is 1420. The summed E-state index contributed by atoms with van der Waals surface area (Å²) >= 11 is 0. The van der Waals surface area contributed by atoms with Gasteiger partial charge < -0.3 is 0 Å². The third-order valence-electron chi connectivity index (χ3n) is 8.43. The molecule has 0 N–H and O–H groups in total. The Morgan fingerprint density at radius 2 is 1.32 bits per heavy atom. The van der Waals surface area contributed by atoms with Gasteiger partial charge in [0.15, 0.2) is 0 Å². The zero-order valence-electron chi connectivity index (χ0n) is 23.8. The van der Waals surface area contributed by atoms with E-state index in [2.05, 4.69) is 88.4 Å². The SMILES string of the molecule is CCCCCCCCC1(C)c2cc(-c3cccc(-c4cccc(C)n4)n3)ccc2-c2ccc(C(C)C)cc21. The van der Waals surface area contributed by atoms with Crippen LogP contribution in [-0.4, -0.2) is 9.97 Å². The van der Waals surface area contributed by atoms with E-state index in [4.69, 9.17) is 9.97 Å². The Morgan fingerprint density at radius 3 is 2.05 bits per heavy atom. The number of aryl methyl sites for hydroxylation is 1. The number of nitrogens with zero attached hydrogens (tertiary/aromatic N) is 2. The van der Waals surface area contributed by atoms with E-state index < -0.39 is 0 Å². The lowest BCUT2D eigenvalue weighted by atomic mass is 9.75. The third kappa shape index (κ3) is 5.19. The molecule has 2 aromatic heterocycles. The smallest absolute Gasteiger partial charge is 0.0893 e. The van der Waals surface area contributed by atoms with Gasteiger partial charge in [-0.15, -0.1) is 0 Å². The molecular formula is C36H42N2. The molecule has 0 fully saturated rings. The van der Waals surface area contributed by atoms with Gasteiger partial charge in [-0.2, -0.15) is 0 Å². The van der Waals surface area contributed by atoms with Crippen molar-refractivity contribution in [3.05, 3.63) is 95.2 Å². The van der Waals surface area contributed by atoms with E-state index in [9.17, 15) is 0 Å². The number of unbranched alkanes of at least 4 members (excludes halogenated alkanes) is 5. The fourth-order valence-corrected chi connectivity index (χ4v) is 6.10. The van der Waals surface area contributed by atoms with Crippen LogP contribution in [0, 0.1) is 6.92 Å². The second kappa shape index (κ2) is 11.2. The quantitative estimate of drug-likeness (QED) is 0.202. The highest BCUT2D eigenvalue weighted by molar-refractivity contribution is 5.84. The first-order valence-corrected chi connectivity index (χ1v) is 14.6. The van der Waals surface area contributed by atoms with Crippen LogP contribution in [0.1, 0.15) is 101 Å². The molecule has 4 aromatic rings. The van der Waals surface area contributed by atoms with Crippen LogP contribution < -0.4 is 0 Å². The molecule has 196 valence electrons. The van der Waals surface area contributed by atoms with Crippen molar-refractivity contribution >= 4 is 0 Å². The molecule has 0 saturated carbocycles. The summed E-state index contributed by atoms with van der Waals surface area (Å²) in [6, 6.07) is 26.6. The fraction of sp³-hybridized carbons (Fsp3) is 0.389. The van der Waals surface area contributed by atoms with Gasteiger partial charge in [0.05, 0.1) is 17.1 Å². The number of benzene rings is 2. The van der Waals surface area contributed by atoms with Crippen molar-refractivity contribution in [3.8, 4) is 33.8 Å². The minimum atomic E-state index is 0.0199. The van der Waals surface area contributed by atoms with Gasteiger partial charge in [0.1, 0.15) is 0 Å². The third-order valence-corrected chi connectivity index (χ3v) is 8.43. The molecule has 2 nitrogen and oxygen atoms in total. The normalized spacial score (nSPS) is 16.1. The van der Waals surface area contributed by atoms with Crippen LogP contribution in [0.2, 0.25) is 0 Å². The molecule has 0 aliphatic heterocycles. The molecule has 1 unspecified atom stereocenters. The summed E-state index contributed by atoms with van der Waals surface area (Å²) in [5, 5.41) is 0. The number of hydrogen-bond donors (Lipinski definition) is 0. The van der Waals surface area contributed by atoms with Gasteiger partial charge in [-0.3, -0.25) is 4.98 Å². The average Bonchev–Trinajstić information content (AvgIpc) is 3.18. The zero-order valence-corrected chi connectivity index (χ0v) is 23.8. The molecule has 2 heterocycles. The van der Waals surface area contributed by atoms with Gasteiger partial charge in [-0.25, -0.2) is 4.98 Å². The molecule has 0 bridgehead atoms. The highest BCUT2D eigenvalue weighted by Gasteiger charge is 2.39. The Balaban J connectivity index is 1.52. The van der Waals surface area contributed by atoms with E-state index in [1.165, 1.54) is 78.3 Å². The van der Waals surface area contributed by atoms with Crippen molar-refractivity contribution in [2.75, 3.05) is 0 Å². The lowest BCUT2D eigenvalue weighted by molar-refractivity contribution is 0.480. The number of rotatable bonds is 10. The van der Waals surface area contributed by atoms with Gasteiger partial charge in [0.25, 0.3) is 0 Å². The highest BCUT2D eigenvalue weighted by atomic mass is 14.8. The van der Waals surface area contributed by atoms with Crippen molar-refractivity contribution in [3.63, 3.8) is 0 Å². The number of aromatic nitrogens is 2. The molecule has 0 radical (unpaired) electrons. The first-order chi connectivity index (χ1) is 18.4. The van der Waals surface area contributed by atoms with E-state index in [-0.39, 0.29) is 5.41 Å². The van der Waals surface area contributed by atoms with Crippen molar-refractivity contribution in [2.45, 2.75) is 90.9 Å². The van der Waals surface area contributed by atoms with Gasteiger partial charge in [-0.05, 0) is 77.4 Å². The van der Waals surface area contributed by atoms with Crippen LogP contribution in [0.4, 0.5) is 0 Å². The van der Waals surface area contributed by atoms with E-state index in [0.29, 0.717) is 5.92 Å². The molecule has 5 rings (SSSR count). The molecule has 2 heteroatoms. The molecule has 0 spiro atoms. The summed E-state index contributed by atoms with van der Waals surface area (Å²) < 4.78 is 0. The number of fused-ring (bicyclic) bond motifs is 3. The predicted octanol–water partition coefficient (Wildman–Crippen LogP) is 10.3. The molecule has 0 saturated heterocycles. The maximum Gasteiger partial charge on any atom is 0.0893 e. The van der Waals surface area contributed by atoms with E-state index in [1.54, 1.807) is 0 Å². The molecule has 38 heavy (non-hydrogen) atoms. The predicted molar refractivity (Wildman–Crippen MR) is 162 cm³/mol. The zero-order chi connectivity index (χ0) is 26.7. The standard InChI is InChI=1S/C36H42N2/c1-6-7-8-9-10-11-22-36(5)31-23-27(25(2)3)18-20-29(31)30-21-19-28(24-32(30)36)33-15-13-17-35(38-33)34-16-12-14-26(4)37-34/h12-21,23-25H,6-11,22H2,1-5H3. The lowest BCUT2D eigenvalue weighted by Gasteiger charge is -2.28. The Kier molecular flexibility index (Phi) is 7.79. The van der Waals surface area contributed by atoms with Crippen LogP contribution >= 0.6 is 0 Å². The summed E-state index contributed by atoms with van der Waals surface area (Å²) in [6.45, 7) is 11.4. The van der Waals surface area contributed by atoms with Crippen LogP contribution in [0.3, 0.4) is 0 Å². The van der Waals surface area contributed by atoms with Crippen molar-refractivity contribution in [1.29, 1.82) is 0 Å². The number of pyridine rings is 2. The largest absolute Gasteiger partial charge is 0.251 e. The second-order valence-corrected chi connectivity index (χ2v) is 11.6. The van der Waals surface area contributed by atoms with Crippen molar-refractivity contribution in [1.82, 2.24) is 9.97 Å². The molecule has 2 aromatic carbocycles. The maximum atomic E-state index is 5.06. The highest BCUT2D eigenvalue weighted by Crippen LogP contribution is 2.52. The topological polar surface area (TPSA) is 25.8 Å². The van der Waals surface area contributed by atoms with Crippen LogP contribution in [0.25, 0.3) is 33.8 Å². The molecule has 1 aliphatic carbocycles. The van der Waals surface area contributed by atoms with Crippen LogP contribution in [-0.2, 0) is 5.41 Å². The Hall–Kier alpha value is -3.26. The summed E-state index contributed by atoms with van der Waals surface area (Å²) in [5.41, 5.74) is 12.3. The van der Waals surface area contributed by atoms with Crippen LogP contribution in [0.15, 0.2) is 72.8 Å². The summed E-state index contributed by atoms with van der Waals surface area (Å²) in [6.07, 6.45) is 9.13. The number of hydrogen-bond acceptors (Lipinski definition) is 2. The minimum absolute atomic E-state index is 0.0199. The average molecular weight is 503 g/mol. The fourth-order valence-electron chi connectivity index (χ4n) is 6.10. The van der Waals surface area contributed by atoms with Gasteiger partial charge in [-0.1, -0.05) is 109 Å². The monoisotopic (exact) mass is 502 g/mol. The van der Waals surface area contributed by atoms with Crippen molar-refractivity contribution < 1.29 is 0 Å². The summed E-state index contributed by atoms with van der Waals surface area (Å²) in [5.74, 6) is 0.528. The van der Waals surface area contributed by atoms with Gasteiger partial charge in [0, 0.05) is 16.7 Å². The maximum absolute atomic E-state index is 5.06. The van der Waals surface area contributed by atoms with E-state index in [1.807, 2.05) is 19.1 Å². The van der Waals surface area contributed by atoms with Crippen molar-refractivity contribution in [2.24, 2.45) is 0 Å². The minimum Gasteiger partial charge on any atom is -0.251 e. The summed E-state index contributed by atoms with van der Waals surface area (Å²) in [7, 11) is 0. The van der Waals surface area contributed by atoms with Gasteiger partial charge in [0.2, 0.25) is 0 Å². The molecule has 1 atom stereocenters.